The molecule has 4 N–H and O–H groups in total. The van der Waals surface area contributed by atoms with E-state index in [1.165, 1.54) is 24.8 Å². The Morgan fingerprint density at radius 3 is 2.67 bits per heavy atom. The van der Waals surface area contributed by atoms with Gasteiger partial charge in [0, 0.05) is 18.3 Å². The van der Waals surface area contributed by atoms with E-state index in [0.717, 1.165) is 25.7 Å². The number of hydrazine groups is 1. The monoisotopic (exact) mass is 270 g/mol. The van der Waals surface area contributed by atoms with E-state index in [-0.39, 0.29) is 10.9 Å². The minimum Gasteiger partial charge on any atom is -0.308 e. The van der Waals surface area contributed by atoms with Crippen molar-refractivity contribution in [1.29, 1.82) is 0 Å². The van der Waals surface area contributed by atoms with Crippen LogP contribution < -0.4 is 16.0 Å². The molecule has 0 aromatic carbocycles. The molecule has 1 heterocycles. The van der Waals surface area contributed by atoms with Crippen molar-refractivity contribution in [2.75, 3.05) is 5.43 Å². The van der Waals surface area contributed by atoms with Gasteiger partial charge in [-0.15, -0.1) is 0 Å². The molecule has 2 rings (SSSR count). The minimum atomic E-state index is -3.48. The van der Waals surface area contributed by atoms with Crippen molar-refractivity contribution in [3.05, 3.63) is 18.3 Å². The van der Waals surface area contributed by atoms with E-state index in [2.05, 4.69) is 15.1 Å². The number of aromatic nitrogens is 1. The van der Waals surface area contributed by atoms with Crippen molar-refractivity contribution in [2.24, 2.45) is 5.84 Å². The highest BCUT2D eigenvalue weighted by Gasteiger charge is 2.22. The molecule has 0 amide bonds. The number of sulfonamides is 1. The van der Waals surface area contributed by atoms with Crippen LogP contribution in [0.4, 0.5) is 5.82 Å². The van der Waals surface area contributed by atoms with Gasteiger partial charge in [-0.2, -0.15) is 0 Å². The number of hydrogen-bond donors (Lipinski definition) is 3. The molecule has 100 valence electrons. The number of nitrogen functional groups attached to an aromatic ring is 1. The maximum absolute atomic E-state index is 12.2. The van der Waals surface area contributed by atoms with Gasteiger partial charge >= 0.3 is 0 Å². The number of anilines is 1. The molecule has 1 saturated carbocycles. The van der Waals surface area contributed by atoms with Gasteiger partial charge < -0.3 is 5.43 Å². The van der Waals surface area contributed by atoms with E-state index in [1.54, 1.807) is 0 Å². The molecule has 1 aromatic rings. The second-order valence-corrected chi connectivity index (χ2v) is 6.19. The molecule has 0 bridgehead atoms. The molecule has 1 aromatic heterocycles. The van der Waals surface area contributed by atoms with Crippen LogP contribution in [0.15, 0.2) is 23.2 Å². The third-order valence-electron chi connectivity index (χ3n) is 3.12. The first-order valence-electron chi connectivity index (χ1n) is 6.07. The largest absolute Gasteiger partial charge is 0.308 e. The smallest absolute Gasteiger partial charge is 0.241 e. The lowest BCUT2D eigenvalue weighted by molar-refractivity contribution is 0.412. The van der Waals surface area contributed by atoms with Crippen molar-refractivity contribution in [2.45, 2.75) is 43.0 Å². The van der Waals surface area contributed by atoms with Crippen LogP contribution in [0.1, 0.15) is 32.1 Å². The van der Waals surface area contributed by atoms with Crippen LogP contribution in [0.5, 0.6) is 0 Å². The molecule has 0 spiro atoms. The molecule has 0 unspecified atom stereocenters. The van der Waals surface area contributed by atoms with Crippen LogP contribution in [0, 0.1) is 0 Å². The van der Waals surface area contributed by atoms with Crippen LogP contribution in [-0.2, 0) is 10.0 Å². The van der Waals surface area contributed by atoms with Gasteiger partial charge in [0.15, 0.2) is 0 Å². The lowest BCUT2D eigenvalue weighted by Crippen LogP contribution is -2.36. The lowest BCUT2D eigenvalue weighted by atomic mass is 9.96. The molecule has 7 heteroatoms. The zero-order valence-electron chi connectivity index (χ0n) is 10.1. The molecule has 18 heavy (non-hydrogen) atoms. The van der Waals surface area contributed by atoms with Crippen molar-refractivity contribution < 1.29 is 8.42 Å². The van der Waals surface area contributed by atoms with Gasteiger partial charge in [-0.1, -0.05) is 19.3 Å². The Hall–Kier alpha value is -1.18. The molecular weight excluding hydrogens is 252 g/mol. The predicted molar refractivity (Wildman–Crippen MR) is 69.2 cm³/mol. The minimum absolute atomic E-state index is 0.0474. The predicted octanol–water partition coefficient (Wildman–Crippen LogP) is 0.978. The summed E-state index contributed by atoms with van der Waals surface area (Å²) >= 11 is 0. The van der Waals surface area contributed by atoms with E-state index < -0.39 is 10.0 Å². The summed E-state index contributed by atoms with van der Waals surface area (Å²) in [6.07, 6.45) is 6.59. The molecule has 1 aliphatic carbocycles. The van der Waals surface area contributed by atoms with Crippen LogP contribution in [0.2, 0.25) is 0 Å². The Balaban J connectivity index is 2.13. The highest BCUT2D eigenvalue weighted by molar-refractivity contribution is 7.89. The van der Waals surface area contributed by atoms with Crippen LogP contribution >= 0.6 is 0 Å². The van der Waals surface area contributed by atoms with Gasteiger partial charge in [0.25, 0.3) is 0 Å². The van der Waals surface area contributed by atoms with Crippen molar-refractivity contribution in [3.8, 4) is 0 Å². The topological polar surface area (TPSA) is 97.1 Å². The molecule has 0 radical (unpaired) electrons. The van der Waals surface area contributed by atoms with E-state index in [1.807, 2.05) is 0 Å². The Bertz CT molecular complexity index is 498. The molecular formula is C11H18N4O2S. The lowest BCUT2D eigenvalue weighted by Gasteiger charge is -2.22. The fourth-order valence-corrected chi connectivity index (χ4v) is 3.48. The SMILES string of the molecule is NNc1cc(S(=O)(=O)NC2CCCCC2)ccn1. The van der Waals surface area contributed by atoms with Crippen LogP contribution in [0.25, 0.3) is 0 Å². The van der Waals surface area contributed by atoms with E-state index >= 15 is 0 Å². The van der Waals surface area contributed by atoms with E-state index in [9.17, 15) is 8.42 Å². The van der Waals surface area contributed by atoms with Crippen molar-refractivity contribution >= 4 is 15.8 Å². The number of hydrogen-bond acceptors (Lipinski definition) is 5. The first-order chi connectivity index (χ1) is 8.62. The summed E-state index contributed by atoms with van der Waals surface area (Å²) in [6.45, 7) is 0. The average Bonchev–Trinajstić information content (AvgIpc) is 2.39. The fraction of sp³-hybridized carbons (Fsp3) is 0.545. The first kappa shape index (κ1) is 13.3. The van der Waals surface area contributed by atoms with Gasteiger partial charge in [0.1, 0.15) is 5.82 Å². The first-order valence-corrected chi connectivity index (χ1v) is 7.55. The van der Waals surface area contributed by atoms with Gasteiger partial charge in [0.2, 0.25) is 10.0 Å². The van der Waals surface area contributed by atoms with E-state index in [0.29, 0.717) is 5.82 Å². The Labute approximate surface area is 107 Å². The average molecular weight is 270 g/mol. The van der Waals surface area contributed by atoms with Gasteiger partial charge in [-0.3, -0.25) is 0 Å². The number of pyridine rings is 1. The normalized spacial score (nSPS) is 17.6. The summed E-state index contributed by atoms with van der Waals surface area (Å²) in [7, 11) is -3.48. The standard InChI is InChI=1S/C11H18N4O2S/c12-14-11-8-10(6-7-13-11)18(16,17)15-9-4-2-1-3-5-9/h6-9,15H,1-5,12H2,(H,13,14). The molecule has 1 fully saturated rings. The highest BCUT2D eigenvalue weighted by Crippen LogP contribution is 2.20. The van der Waals surface area contributed by atoms with Crippen LogP contribution in [-0.4, -0.2) is 19.4 Å². The molecule has 0 saturated heterocycles. The Morgan fingerprint density at radius 2 is 2.00 bits per heavy atom. The number of nitrogens with zero attached hydrogens (tertiary/aromatic N) is 1. The molecule has 0 aliphatic heterocycles. The van der Waals surface area contributed by atoms with Gasteiger partial charge in [-0.05, 0) is 18.9 Å². The second kappa shape index (κ2) is 5.64. The fourth-order valence-electron chi connectivity index (χ4n) is 2.17. The van der Waals surface area contributed by atoms with Gasteiger partial charge in [0.05, 0.1) is 4.90 Å². The molecule has 6 nitrogen and oxygen atoms in total. The second-order valence-electron chi connectivity index (χ2n) is 4.48. The number of rotatable bonds is 4. The third-order valence-corrected chi connectivity index (χ3v) is 4.63. The number of nitrogens with two attached hydrogens (primary N) is 1. The zero-order chi connectivity index (χ0) is 13.0. The summed E-state index contributed by atoms with van der Waals surface area (Å²) in [5.41, 5.74) is 2.34. The zero-order valence-corrected chi connectivity index (χ0v) is 10.9. The summed E-state index contributed by atoms with van der Waals surface area (Å²) in [5.74, 6) is 5.55. The maximum atomic E-state index is 12.2. The number of nitrogens with one attached hydrogen (secondary N) is 2. The third kappa shape index (κ3) is 3.18. The Kier molecular flexibility index (Phi) is 4.15. The maximum Gasteiger partial charge on any atom is 0.241 e. The summed E-state index contributed by atoms with van der Waals surface area (Å²) in [4.78, 5) is 4.08. The van der Waals surface area contributed by atoms with Crippen molar-refractivity contribution in [3.63, 3.8) is 0 Å². The van der Waals surface area contributed by atoms with Crippen molar-refractivity contribution in [1.82, 2.24) is 9.71 Å². The van der Waals surface area contributed by atoms with Crippen LogP contribution in [0.3, 0.4) is 0 Å². The van der Waals surface area contributed by atoms with Gasteiger partial charge in [-0.25, -0.2) is 24.0 Å². The summed E-state index contributed by atoms with van der Waals surface area (Å²) in [5, 5.41) is 0. The quantitative estimate of drug-likeness (QED) is 0.559. The van der Waals surface area contributed by atoms with E-state index in [4.69, 9.17) is 5.84 Å². The summed E-state index contributed by atoms with van der Waals surface area (Å²) < 4.78 is 27.1. The highest BCUT2D eigenvalue weighted by atomic mass is 32.2. The Morgan fingerprint density at radius 1 is 1.28 bits per heavy atom. The summed E-state index contributed by atoms with van der Waals surface area (Å²) in [6, 6.07) is 2.93. The molecule has 1 aliphatic rings. The molecule has 0 atom stereocenters.